The van der Waals surface area contributed by atoms with Crippen molar-refractivity contribution in [3.8, 4) is 17.0 Å². The molecule has 0 aliphatic carbocycles. The molecule has 0 atom stereocenters. The number of hydrogen-bond acceptors (Lipinski definition) is 6. The number of ether oxygens (including phenoxy) is 2. The van der Waals surface area contributed by atoms with Gasteiger partial charge >= 0.3 is 6.18 Å². The van der Waals surface area contributed by atoms with Crippen molar-refractivity contribution < 1.29 is 27.4 Å². The van der Waals surface area contributed by atoms with Gasteiger partial charge in [-0.25, -0.2) is 14.2 Å². The molecule has 1 N–H and O–H groups in total. The first-order valence-electron chi connectivity index (χ1n) is 9.23. The van der Waals surface area contributed by atoms with E-state index in [1.807, 2.05) is 0 Å². The van der Waals surface area contributed by atoms with Gasteiger partial charge in [0.15, 0.2) is 17.0 Å². The van der Waals surface area contributed by atoms with Crippen LogP contribution in [0.15, 0.2) is 48.8 Å². The van der Waals surface area contributed by atoms with Crippen LogP contribution in [0, 0.1) is 0 Å². The zero-order chi connectivity index (χ0) is 22.9. The molecule has 0 bridgehead atoms. The Hall–Kier alpha value is -3.93. The number of carbonyl (C=O) groups is 1. The van der Waals surface area contributed by atoms with Crippen LogP contribution in [-0.4, -0.2) is 44.5 Å². The van der Waals surface area contributed by atoms with E-state index < -0.39 is 17.8 Å². The Morgan fingerprint density at radius 1 is 1.16 bits per heavy atom. The van der Waals surface area contributed by atoms with Crippen molar-refractivity contribution >= 4 is 17.2 Å². The summed E-state index contributed by atoms with van der Waals surface area (Å²) >= 11 is 0. The number of hydrogen-bond donors (Lipinski definition) is 1. The summed E-state index contributed by atoms with van der Waals surface area (Å²) in [6.45, 7) is 0.178. The predicted molar refractivity (Wildman–Crippen MR) is 107 cm³/mol. The first kappa shape index (κ1) is 21.3. The van der Waals surface area contributed by atoms with Crippen LogP contribution in [0.5, 0.6) is 5.75 Å². The average Bonchev–Trinajstić information content (AvgIpc) is 3.39. The maximum atomic E-state index is 13.7. The zero-order valence-corrected chi connectivity index (χ0v) is 16.9. The SMILES string of the molecule is COCn1cc(NC(=O)c2cc3nc(-c4ccc(OC)cc4)cc(C(F)(F)F)n3n2)cn1. The van der Waals surface area contributed by atoms with Gasteiger partial charge < -0.3 is 14.8 Å². The minimum absolute atomic E-state index is 0.0835. The standard InChI is InChI=1S/C20H17F3N6O3/c1-31-11-28-10-13(9-24-28)25-19(30)16-8-18-26-15(12-3-5-14(32-2)6-4-12)7-17(20(21,22)23)29(18)27-16/h3-10H,11H2,1-2H3,(H,25,30). The minimum atomic E-state index is -4.72. The quantitative estimate of drug-likeness (QED) is 0.487. The van der Waals surface area contributed by atoms with Crippen molar-refractivity contribution in [2.45, 2.75) is 12.9 Å². The Morgan fingerprint density at radius 3 is 2.56 bits per heavy atom. The second kappa shape index (κ2) is 8.30. The molecule has 0 unspecified atom stereocenters. The number of nitrogens with zero attached hydrogens (tertiary/aromatic N) is 5. The van der Waals surface area contributed by atoms with E-state index >= 15 is 0 Å². The van der Waals surface area contributed by atoms with Crippen LogP contribution in [-0.2, 0) is 17.6 Å². The molecule has 166 valence electrons. The van der Waals surface area contributed by atoms with Gasteiger partial charge in [-0.3, -0.25) is 4.79 Å². The van der Waals surface area contributed by atoms with Gasteiger partial charge in [0.05, 0.1) is 30.9 Å². The van der Waals surface area contributed by atoms with E-state index in [2.05, 4.69) is 20.5 Å². The first-order chi connectivity index (χ1) is 15.3. The summed E-state index contributed by atoms with van der Waals surface area (Å²) in [6.07, 6.45) is -1.82. The third kappa shape index (κ3) is 4.25. The Kier molecular flexibility index (Phi) is 5.53. The molecule has 0 saturated heterocycles. The van der Waals surface area contributed by atoms with Gasteiger partial charge in [-0.1, -0.05) is 0 Å². The summed E-state index contributed by atoms with van der Waals surface area (Å²) in [5, 5.41) is 10.3. The molecule has 0 radical (unpaired) electrons. The number of rotatable bonds is 6. The lowest BCUT2D eigenvalue weighted by atomic mass is 10.1. The number of aromatic nitrogens is 5. The van der Waals surface area contributed by atoms with E-state index in [0.29, 0.717) is 21.5 Å². The van der Waals surface area contributed by atoms with Crippen molar-refractivity contribution in [2.75, 3.05) is 19.5 Å². The van der Waals surface area contributed by atoms with Crippen molar-refractivity contribution in [3.63, 3.8) is 0 Å². The molecule has 0 aliphatic heterocycles. The van der Waals surface area contributed by atoms with Gasteiger partial charge in [0.25, 0.3) is 5.91 Å². The smallest absolute Gasteiger partial charge is 0.433 e. The summed E-state index contributed by atoms with van der Waals surface area (Å²) in [5.41, 5.74) is -0.524. The van der Waals surface area contributed by atoms with Gasteiger partial charge in [-0.05, 0) is 30.3 Å². The number of halogens is 3. The molecule has 1 amide bonds. The van der Waals surface area contributed by atoms with E-state index in [1.165, 1.54) is 37.4 Å². The maximum absolute atomic E-state index is 13.7. The Labute approximate surface area is 179 Å². The van der Waals surface area contributed by atoms with Crippen LogP contribution in [0.3, 0.4) is 0 Å². The molecule has 4 rings (SSSR count). The maximum Gasteiger partial charge on any atom is 0.433 e. The molecular weight excluding hydrogens is 429 g/mol. The zero-order valence-electron chi connectivity index (χ0n) is 16.9. The topological polar surface area (TPSA) is 95.6 Å². The van der Waals surface area contributed by atoms with Crippen molar-refractivity contribution in [1.29, 1.82) is 0 Å². The molecule has 4 aromatic rings. The molecule has 0 fully saturated rings. The number of benzene rings is 1. The normalized spacial score (nSPS) is 11.7. The van der Waals surface area contributed by atoms with Gasteiger partial charge in [0, 0.05) is 18.7 Å². The molecule has 0 saturated carbocycles. The summed E-state index contributed by atoms with van der Waals surface area (Å²) < 4.78 is 53.2. The van der Waals surface area contributed by atoms with E-state index in [1.54, 1.807) is 24.3 Å². The van der Waals surface area contributed by atoms with Gasteiger partial charge in [0.2, 0.25) is 0 Å². The highest BCUT2D eigenvalue weighted by Gasteiger charge is 2.35. The lowest BCUT2D eigenvalue weighted by molar-refractivity contribution is -0.142. The average molecular weight is 446 g/mol. The van der Waals surface area contributed by atoms with E-state index in [9.17, 15) is 18.0 Å². The minimum Gasteiger partial charge on any atom is -0.497 e. The van der Waals surface area contributed by atoms with Crippen molar-refractivity contribution in [2.24, 2.45) is 0 Å². The fraction of sp³-hybridized carbons (Fsp3) is 0.200. The molecule has 32 heavy (non-hydrogen) atoms. The largest absolute Gasteiger partial charge is 0.497 e. The third-order valence-corrected chi connectivity index (χ3v) is 4.49. The number of amides is 1. The van der Waals surface area contributed by atoms with E-state index in [-0.39, 0.29) is 23.8 Å². The van der Waals surface area contributed by atoms with Gasteiger partial charge in [-0.15, -0.1) is 0 Å². The van der Waals surface area contributed by atoms with E-state index in [0.717, 1.165) is 6.07 Å². The Morgan fingerprint density at radius 2 is 1.91 bits per heavy atom. The Bertz CT molecular complexity index is 1260. The number of methoxy groups -OCH3 is 2. The van der Waals surface area contributed by atoms with Gasteiger partial charge in [-0.2, -0.15) is 23.4 Å². The van der Waals surface area contributed by atoms with Crippen molar-refractivity contribution in [3.05, 3.63) is 60.2 Å². The van der Waals surface area contributed by atoms with Crippen LogP contribution in [0.4, 0.5) is 18.9 Å². The molecule has 0 aliphatic rings. The second-order valence-corrected chi connectivity index (χ2v) is 6.69. The number of alkyl halides is 3. The molecule has 9 nitrogen and oxygen atoms in total. The van der Waals surface area contributed by atoms with Crippen LogP contribution in [0.2, 0.25) is 0 Å². The number of nitrogens with one attached hydrogen (secondary N) is 1. The second-order valence-electron chi connectivity index (χ2n) is 6.69. The third-order valence-electron chi connectivity index (χ3n) is 4.49. The fourth-order valence-corrected chi connectivity index (χ4v) is 3.02. The molecule has 12 heteroatoms. The first-order valence-corrected chi connectivity index (χ1v) is 9.23. The molecule has 0 spiro atoms. The van der Waals surface area contributed by atoms with Gasteiger partial charge in [0.1, 0.15) is 12.5 Å². The van der Waals surface area contributed by atoms with Crippen molar-refractivity contribution in [1.82, 2.24) is 24.4 Å². The van der Waals surface area contributed by atoms with Crippen LogP contribution in [0.25, 0.3) is 16.9 Å². The highest BCUT2D eigenvalue weighted by Crippen LogP contribution is 2.32. The Balaban J connectivity index is 1.71. The summed E-state index contributed by atoms with van der Waals surface area (Å²) in [7, 11) is 2.98. The van der Waals surface area contributed by atoms with Crippen LogP contribution >= 0.6 is 0 Å². The summed E-state index contributed by atoms with van der Waals surface area (Å²) in [6, 6.07) is 8.51. The van der Waals surface area contributed by atoms with E-state index in [4.69, 9.17) is 9.47 Å². The number of carbonyl (C=O) groups excluding carboxylic acids is 1. The van der Waals surface area contributed by atoms with Crippen LogP contribution in [0.1, 0.15) is 16.2 Å². The number of anilines is 1. The number of fused-ring (bicyclic) bond motifs is 1. The summed E-state index contributed by atoms with van der Waals surface area (Å²) in [5.74, 6) is -0.144. The monoisotopic (exact) mass is 446 g/mol. The fourth-order valence-electron chi connectivity index (χ4n) is 3.02. The van der Waals surface area contributed by atoms with Crippen LogP contribution < -0.4 is 10.1 Å². The molecule has 3 heterocycles. The molecule has 3 aromatic heterocycles. The molecule has 1 aromatic carbocycles. The summed E-state index contributed by atoms with van der Waals surface area (Å²) in [4.78, 5) is 16.8. The highest BCUT2D eigenvalue weighted by molar-refractivity contribution is 6.03. The highest BCUT2D eigenvalue weighted by atomic mass is 19.4. The predicted octanol–water partition coefficient (Wildman–Crippen LogP) is 3.48. The lowest BCUT2D eigenvalue weighted by Crippen LogP contribution is -2.15. The molecular formula is C20H17F3N6O3. The lowest BCUT2D eigenvalue weighted by Gasteiger charge is -2.11.